The molecule has 0 N–H and O–H groups in total. The van der Waals surface area contributed by atoms with E-state index in [9.17, 15) is 14.0 Å². The molecule has 0 bridgehead atoms. The molecule has 0 radical (unpaired) electrons. The van der Waals surface area contributed by atoms with Crippen molar-refractivity contribution in [2.24, 2.45) is 4.99 Å². The summed E-state index contributed by atoms with van der Waals surface area (Å²) in [5.74, 6) is -0.833. The van der Waals surface area contributed by atoms with E-state index >= 15 is 0 Å². The smallest absolute Gasteiger partial charge is 0.363 e. The average molecular weight is 423 g/mol. The number of nitrogens with zero attached hydrogens (tertiary/aromatic N) is 1. The normalized spacial score (nSPS) is 14.4. The van der Waals surface area contributed by atoms with Crippen molar-refractivity contribution in [3.63, 3.8) is 0 Å². The maximum absolute atomic E-state index is 13.1. The molecule has 1 aromatic heterocycles. The molecule has 8 heteroatoms. The van der Waals surface area contributed by atoms with Gasteiger partial charge in [-0.15, -0.1) is 11.3 Å². The van der Waals surface area contributed by atoms with E-state index in [2.05, 4.69) is 4.99 Å². The molecule has 0 saturated heterocycles. The Kier molecular flexibility index (Phi) is 5.40. The summed E-state index contributed by atoms with van der Waals surface area (Å²) in [4.78, 5) is 29.0. The van der Waals surface area contributed by atoms with Crippen LogP contribution in [0.1, 0.15) is 20.8 Å². The van der Waals surface area contributed by atoms with Crippen LogP contribution in [-0.2, 0) is 9.53 Å². The molecule has 0 saturated carbocycles. The summed E-state index contributed by atoms with van der Waals surface area (Å²) in [7, 11) is 1.45. The molecule has 1 aliphatic heterocycles. The number of rotatable bonds is 5. The van der Waals surface area contributed by atoms with Gasteiger partial charge in [-0.05, 0) is 59.5 Å². The molecule has 150 valence electrons. The Morgan fingerprint density at radius 3 is 2.63 bits per heavy atom. The lowest BCUT2D eigenvalue weighted by atomic mass is 10.1. The van der Waals surface area contributed by atoms with Gasteiger partial charge >= 0.3 is 11.9 Å². The number of esters is 2. The first-order chi connectivity index (χ1) is 14.5. The second-order valence-electron chi connectivity index (χ2n) is 6.12. The van der Waals surface area contributed by atoms with Crippen molar-refractivity contribution < 1.29 is 28.2 Å². The minimum atomic E-state index is -0.624. The Morgan fingerprint density at radius 2 is 1.93 bits per heavy atom. The van der Waals surface area contributed by atoms with Gasteiger partial charge in [0, 0.05) is 5.56 Å². The number of halogens is 1. The van der Waals surface area contributed by atoms with Crippen LogP contribution >= 0.6 is 11.3 Å². The van der Waals surface area contributed by atoms with Gasteiger partial charge in [0.1, 0.15) is 10.7 Å². The zero-order valence-corrected chi connectivity index (χ0v) is 16.4. The van der Waals surface area contributed by atoms with Crippen molar-refractivity contribution in [3.05, 3.63) is 87.5 Å². The van der Waals surface area contributed by atoms with E-state index in [0.29, 0.717) is 21.8 Å². The molecule has 0 amide bonds. The standard InChI is InChI=1S/C22H14FNO5S/c1-27-18-12-13(4-9-17(18)28-22(26)19-3-2-10-30-19)11-16-21(25)29-20(24-16)14-5-7-15(23)8-6-14/h2-12H,1H3. The number of aliphatic imine (C=N–C) groups is 1. The van der Waals surface area contributed by atoms with Crippen LogP contribution in [0, 0.1) is 5.82 Å². The number of ether oxygens (including phenoxy) is 3. The molecular formula is C22H14FNO5S. The lowest BCUT2D eigenvalue weighted by Crippen LogP contribution is -2.07. The van der Waals surface area contributed by atoms with Crippen molar-refractivity contribution in [1.82, 2.24) is 0 Å². The van der Waals surface area contributed by atoms with Crippen molar-refractivity contribution in [1.29, 1.82) is 0 Å². The summed E-state index contributed by atoms with van der Waals surface area (Å²) >= 11 is 1.28. The summed E-state index contributed by atoms with van der Waals surface area (Å²) in [6.07, 6.45) is 1.52. The fraction of sp³-hybridized carbons (Fsp3) is 0.0455. The number of benzene rings is 2. The minimum Gasteiger partial charge on any atom is -0.493 e. The van der Waals surface area contributed by atoms with Crippen LogP contribution in [0.25, 0.3) is 6.08 Å². The van der Waals surface area contributed by atoms with E-state index in [1.54, 1.807) is 35.7 Å². The van der Waals surface area contributed by atoms with Gasteiger partial charge in [-0.25, -0.2) is 19.0 Å². The van der Waals surface area contributed by atoms with Gasteiger partial charge in [0.2, 0.25) is 5.90 Å². The summed E-state index contributed by atoms with van der Waals surface area (Å²) in [6, 6.07) is 13.7. The third-order valence-corrected chi connectivity index (χ3v) is 4.98. The van der Waals surface area contributed by atoms with Crippen LogP contribution in [0.15, 0.2) is 70.7 Å². The molecular weight excluding hydrogens is 409 g/mol. The highest BCUT2D eigenvalue weighted by molar-refractivity contribution is 7.12. The summed E-state index contributed by atoms with van der Waals surface area (Å²) in [5.41, 5.74) is 1.17. The van der Waals surface area contributed by atoms with Crippen molar-refractivity contribution >= 4 is 35.2 Å². The van der Waals surface area contributed by atoms with E-state index < -0.39 is 17.8 Å². The monoisotopic (exact) mass is 423 g/mol. The Balaban J connectivity index is 1.58. The summed E-state index contributed by atoms with van der Waals surface area (Å²) in [6.45, 7) is 0. The third-order valence-electron chi connectivity index (χ3n) is 4.13. The maximum Gasteiger partial charge on any atom is 0.363 e. The SMILES string of the molecule is COc1cc(C=C2N=C(c3ccc(F)cc3)OC2=O)ccc1OC(=O)c1cccs1. The van der Waals surface area contributed by atoms with E-state index in [1.165, 1.54) is 48.8 Å². The van der Waals surface area contributed by atoms with Crippen molar-refractivity contribution in [3.8, 4) is 11.5 Å². The van der Waals surface area contributed by atoms with E-state index in [1.807, 2.05) is 0 Å². The molecule has 0 atom stereocenters. The lowest BCUT2D eigenvalue weighted by molar-refractivity contribution is -0.129. The number of thiophene rings is 1. The van der Waals surface area contributed by atoms with Gasteiger partial charge in [-0.3, -0.25) is 0 Å². The molecule has 0 unspecified atom stereocenters. The molecule has 0 aliphatic carbocycles. The first-order valence-corrected chi connectivity index (χ1v) is 9.63. The van der Waals surface area contributed by atoms with Crippen LogP contribution in [0.5, 0.6) is 11.5 Å². The van der Waals surface area contributed by atoms with Gasteiger partial charge in [0.15, 0.2) is 17.2 Å². The number of carbonyl (C=O) groups excluding carboxylic acids is 2. The van der Waals surface area contributed by atoms with Crippen LogP contribution < -0.4 is 9.47 Å². The Bertz CT molecular complexity index is 1170. The molecule has 3 aromatic rings. The molecule has 4 rings (SSSR count). The van der Waals surface area contributed by atoms with Crippen LogP contribution in [0.2, 0.25) is 0 Å². The highest BCUT2D eigenvalue weighted by atomic mass is 32.1. The quantitative estimate of drug-likeness (QED) is 0.344. The molecule has 1 aliphatic rings. The number of hydrogen-bond acceptors (Lipinski definition) is 7. The second kappa shape index (κ2) is 8.30. The van der Waals surface area contributed by atoms with Gasteiger partial charge in [0.25, 0.3) is 0 Å². The first kappa shape index (κ1) is 19.5. The van der Waals surface area contributed by atoms with Gasteiger partial charge < -0.3 is 14.2 Å². The molecule has 0 fully saturated rings. The minimum absolute atomic E-state index is 0.0831. The number of cyclic esters (lactones) is 1. The fourth-order valence-electron chi connectivity index (χ4n) is 2.69. The number of carbonyl (C=O) groups is 2. The van der Waals surface area contributed by atoms with E-state index in [-0.39, 0.29) is 17.3 Å². The third kappa shape index (κ3) is 4.13. The summed E-state index contributed by atoms with van der Waals surface area (Å²) < 4.78 is 28.9. The van der Waals surface area contributed by atoms with Crippen LogP contribution in [0.4, 0.5) is 4.39 Å². The molecule has 30 heavy (non-hydrogen) atoms. The van der Waals surface area contributed by atoms with Gasteiger partial charge in [-0.2, -0.15) is 0 Å². The van der Waals surface area contributed by atoms with Crippen molar-refractivity contribution in [2.45, 2.75) is 0 Å². The Labute approximate surface area is 174 Å². The zero-order chi connectivity index (χ0) is 21.1. The summed E-state index contributed by atoms with van der Waals surface area (Å²) in [5, 5.41) is 1.78. The number of methoxy groups -OCH3 is 1. The molecule has 2 heterocycles. The van der Waals surface area contributed by atoms with E-state index in [0.717, 1.165) is 0 Å². The largest absolute Gasteiger partial charge is 0.493 e. The lowest BCUT2D eigenvalue weighted by Gasteiger charge is -2.09. The Morgan fingerprint density at radius 1 is 1.13 bits per heavy atom. The zero-order valence-electron chi connectivity index (χ0n) is 15.6. The van der Waals surface area contributed by atoms with Crippen LogP contribution in [0.3, 0.4) is 0 Å². The highest BCUT2D eigenvalue weighted by Crippen LogP contribution is 2.31. The predicted molar refractivity (Wildman–Crippen MR) is 109 cm³/mol. The second-order valence-corrected chi connectivity index (χ2v) is 7.07. The highest BCUT2D eigenvalue weighted by Gasteiger charge is 2.24. The first-order valence-electron chi connectivity index (χ1n) is 8.76. The topological polar surface area (TPSA) is 74.2 Å². The molecule has 2 aromatic carbocycles. The van der Waals surface area contributed by atoms with Gasteiger partial charge in [-0.1, -0.05) is 12.1 Å². The predicted octanol–water partition coefficient (Wildman–Crippen LogP) is 4.46. The average Bonchev–Trinajstić information content (AvgIpc) is 3.40. The van der Waals surface area contributed by atoms with Crippen molar-refractivity contribution in [2.75, 3.05) is 7.11 Å². The number of hydrogen-bond donors (Lipinski definition) is 0. The Hall–Kier alpha value is -3.78. The molecule has 0 spiro atoms. The fourth-order valence-corrected chi connectivity index (χ4v) is 3.28. The van der Waals surface area contributed by atoms with Gasteiger partial charge in [0.05, 0.1) is 7.11 Å². The molecule has 6 nitrogen and oxygen atoms in total. The maximum atomic E-state index is 13.1. The van der Waals surface area contributed by atoms with Crippen LogP contribution in [-0.4, -0.2) is 24.9 Å². The van der Waals surface area contributed by atoms with E-state index in [4.69, 9.17) is 14.2 Å².